The van der Waals surface area contributed by atoms with Crippen LogP contribution >= 0.6 is 0 Å². The molecule has 1 amide bonds. The Hall–Kier alpha value is -4.06. The van der Waals surface area contributed by atoms with Crippen molar-refractivity contribution in [2.75, 3.05) is 13.9 Å². The molecular formula is C24H20N2O4. The molecule has 1 N–H and O–H groups in total. The monoisotopic (exact) mass is 400 g/mol. The van der Waals surface area contributed by atoms with Crippen molar-refractivity contribution in [3.05, 3.63) is 95.6 Å². The molecule has 0 aliphatic carbocycles. The van der Waals surface area contributed by atoms with Gasteiger partial charge in [-0.15, -0.1) is 0 Å². The number of carbonyl (C=O) groups excluding carboxylic acids is 1. The number of rotatable bonds is 6. The minimum absolute atomic E-state index is 0.229. The topological polar surface area (TPSA) is 69.2 Å². The summed E-state index contributed by atoms with van der Waals surface area (Å²) in [5.41, 5.74) is 5.52. The van der Waals surface area contributed by atoms with Crippen molar-refractivity contribution < 1.29 is 19.0 Å². The van der Waals surface area contributed by atoms with Gasteiger partial charge < -0.3 is 14.2 Å². The third-order valence-electron chi connectivity index (χ3n) is 4.53. The first-order chi connectivity index (χ1) is 14.7. The molecule has 3 aromatic carbocycles. The van der Waals surface area contributed by atoms with Gasteiger partial charge in [0.25, 0.3) is 5.91 Å². The Labute approximate surface area is 174 Å². The van der Waals surface area contributed by atoms with Crippen molar-refractivity contribution in [3.63, 3.8) is 0 Å². The lowest BCUT2D eigenvalue weighted by Crippen LogP contribution is -2.19. The molecule has 0 unspecified atom stereocenters. The van der Waals surface area contributed by atoms with Crippen molar-refractivity contribution in [3.8, 4) is 17.2 Å². The summed E-state index contributed by atoms with van der Waals surface area (Å²) in [6, 6.07) is 22.1. The van der Waals surface area contributed by atoms with Crippen LogP contribution in [0.15, 0.2) is 84.0 Å². The minimum atomic E-state index is -0.280. The second kappa shape index (κ2) is 8.96. The summed E-state index contributed by atoms with van der Waals surface area (Å²) >= 11 is 0. The molecule has 0 radical (unpaired) electrons. The van der Waals surface area contributed by atoms with Crippen LogP contribution in [0.5, 0.6) is 17.2 Å². The Morgan fingerprint density at radius 3 is 2.50 bits per heavy atom. The molecule has 3 aromatic rings. The first kappa shape index (κ1) is 19.3. The summed E-state index contributed by atoms with van der Waals surface area (Å²) in [7, 11) is 1.61. The molecule has 1 aliphatic heterocycles. The number of benzene rings is 3. The number of hydrogen-bond donors (Lipinski definition) is 1. The SMILES string of the molecule is COc1ccc(C(/C=C/c2ccc3c(c2)OCO3)=NNC(=O)c2ccccc2)cc1. The van der Waals surface area contributed by atoms with Crippen LogP contribution in [0, 0.1) is 0 Å². The van der Waals surface area contributed by atoms with E-state index in [1.807, 2.05) is 72.8 Å². The van der Waals surface area contributed by atoms with Crippen LogP contribution in [0.25, 0.3) is 6.08 Å². The predicted octanol–water partition coefficient (Wildman–Crippen LogP) is 4.27. The molecule has 0 aromatic heterocycles. The normalized spacial score (nSPS) is 12.8. The fraction of sp³-hybridized carbons (Fsp3) is 0.0833. The Morgan fingerprint density at radius 1 is 0.967 bits per heavy atom. The van der Waals surface area contributed by atoms with E-state index in [2.05, 4.69) is 10.5 Å². The van der Waals surface area contributed by atoms with Gasteiger partial charge in [-0.05, 0) is 60.2 Å². The molecule has 0 saturated carbocycles. The van der Waals surface area contributed by atoms with E-state index < -0.39 is 0 Å². The van der Waals surface area contributed by atoms with E-state index in [-0.39, 0.29) is 12.7 Å². The van der Waals surface area contributed by atoms with E-state index in [0.717, 1.165) is 22.6 Å². The van der Waals surface area contributed by atoms with Crippen molar-refractivity contribution in [2.45, 2.75) is 0 Å². The zero-order chi connectivity index (χ0) is 20.8. The van der Waals surface area contributed by atoms with Gasteiger partial charge in [-0.2, -0.15) is 5.10 Å². The second-order valence-corrected chi connectivity index (χ2v) is 6.48. The molecule has 30 heavy (non-hydrogen) atoms. The number of nitrogens with zero attached hydrogens (tertiary/aromatic N) is 1. The van der Waals surface area contributed by atoms with Crippen LogP contribution in [0.1, 0.15) is 21.5 Å². The Morgan fingerprint density at radius 2 is 1.73 bits per heavy atom. The number of fused-ring (bicyclic) bond motifs is 1. The summed E-state index contributed by atoms with van der Waals surface area (Å²) in [6.07, 6.45) is 3.74. The number of ether oxygens (including phenoxy) is 3. The molecule has 6 nitrogen and oxygen atoms in total. The standard InChI is InChI=1S/C24H20N2O4/c1-28-20-11-9-18(10-12-20)21(25-26-24(27)19-5-3-2-4-6-19)13-7-17-8-14-22-23(15-17)30-16-29-22/h2-15H,16H2,1H3,(H,26,27)/b13-7+,25-21?. The van der Waals surface area contributed by atoms with Crippen LogP contribution in [0.2, 0.25) is 0 Å². The molecule has 1 heterocycles. The van der Waals surface area contributed by atoms with Gasteiger partial charge in [-0.1, -0.05) is 30.3 Å². The van der Waals surface area contributed by atoms with Gasteiger partial charge in [0, 0.05) is 11.1 Å². The van der Waals surface area contributed by atoms with Gasteiger partial charge in [0.15, 0.2) is 11.5 Å². The maximum Gasteiger partial charge on any atom is 0.271 e. The summed E-state index contributed by atoms with van der Waals surface area (Å²) in [5.74, 6) is 1.90. The number of hydrazone groups is 1. The molecular weight excluding hydrogens is 380 g/mol. The van der Waals surface area contributed by atoms with Crippen LogP contribution in [-0.4, -0.2) is 25.5 Å². The largest absolute Gasteiger partial charge is 0.497 e. The van der Waals surface area contributed by atoms with Crippen LogP contribution in [0.3, 0.4) is 0 Å². The zero-order valence-corrected chi connectivity index (χ0v) is 16.4. The summed E-state index contributed by atoms with van der Waals surface area (Å²) in [5, 5.41) is 4.35. The van der Waals surface area contributed by atoms with E-state index in [4.69, 9.17) is 14.2 Å². The molecule has 0 bridgehead atoms. The Balaban J connectivity index is 1.60. The molecule has 1 aliphatic rings. The maximum absolute atomic E-state index is 12.4. The molecule has 150 valence electrons. The number of hydrogen-bond acceptors (Lipinski definition) is 5. The quantitative estimate of drug-likeness (QED) is 0.496. The molecule has 0 fully saturated rings. The van der Waals surface area contributed by atoms with Crippen LogP contribution in [-0.2, 0) is 0 Å². The highest BCUT2D eigenvalue weighted by molar-refractivity contribution is 6.11. The van der Waals surface area contributed by atoms with Crippen molar-refractivity contribution >= 4 is 17.7 Å². The number of methoxy groups -OCH3 is 1. The van der Waals surface area contributed by atoms with Crippen LogP contribution in [0.4, 0.5) is 0 Å². The van der Waals surface area contributed by atoms with Gasteiger partial charge >= 0.3 is 0 Å². The highest BCUT2D eigenvalue weighted by atomic mass is 16.7. The maximum atomic E-state index is 12.4. The van der Waals surface area contributed by atoms with Crippen molar-refractivity contribution in [1.29, 1.82) is 0 Å². The van der Waals surface area contributed by atoms with Crippen LogP contribution < -0.4 is 19.6 Å². The lowest BCUT2D eigenvalue weighted by atomic mass is 10.1. The number of allylic oxidation sites excluding steroid dienone is 1. The van der Waals surface area contributed by atoms with Gasteiger partial charge in [0.2, 0.25) is 6.79 Å². The highest BCUT2D eigenvalue weighted by Gasteiger charge is 2.12. The van der Waals surface area contributed by atoms with Gasteiger partial charge in [0.1, 0.15) is 5.75 Å². The zero-order valence-electron chi connectivity index (χ0n) is 16.4. The molecule has 4 rings (SSSR count). The third-order valence-corrected chi connectivity index (χ3v) is 4.53. The summed E-state index contributed by atoms with van der Waals surface area (Å²) in [6.45, 7) is 0.229. The second-order valence-electron chi connectivity index (χ2n) is 6.48. The predicted molar refractivity (Wildman–Crippen MR) is 115 cm³/mol. The van der Waals surface area contributed by atoms with Gasteiger partial charge in [-0.3, -0.25) is 4.79 Å². The average Bonchev–Trinajstić information content (AvgIpc) is 3.27. The minimum Gasteiger partial charge on any atom is -0.497 e. The number of nitrogens with one attached hydrogen (secondary N) is 1. The molecule has 0 saturated heterocycles. The fourth-order valence-electron chi connectivity index (χ4n) is 2.92. The Kier molecular flexibility index (Phi) is 5.75. The molecule has 6 heteroatoms. The highest BCUT2D eigenvalue weighted by Crippen LogP contribution is 2.32. The Bertz CT molecular complexity index is 1090. The van der Waals surface area contributed by atoms with Gasteiger partial charge in [0.05, 0.1) is 12.8 Å². The first-order valence-corrected chi connectivity index (χ1v) is 9.38. The number of amides is 1. The fourth-order valence-corrected chi connectivity index (χ4v) is 2.92. The molecule has 0 atom stereocenters. The average molecular weight is 400 g/mol. The molecule has 0 spiro atoms. The third kappa shape index (κ3) is 4.50. The first-order valence-electron chi connectivity index (χ1n) is 9.38. The van der Waals surface area contributed by atoms with E-state index in [1.54, 1.807) is 19.2 Å². The lowest BCUT2D eigenvalue weighted by molar-refractivity contribution is 0.0955. The summed E-state index contributed by atoms with van der Waals surface area (Å²) in [4.78, 5) is 12.4. The summed E-state index contributed by atoms with van der Waals surface area (Å²) < 4.78 is 16.0. The van der Waals surface area contributed by atoms with E-state index in [0.29, 0.717) is 17.0 Å². The van der Waals surface area contributed by atoms with E-state index >= 15 is 0 Å². The van der Waals surface area contributed by atoms with Crippen molar-refractivity contribution in [1.82, 2.24) is 5.43 Å². The lowest BCUT2D eigenvalue weighted by Gasteiger charge is -2.06. The number of carbonyl (C=O) groups is 1. The van der Waals surface area contributed by atoms with Crippen molar-refractivity contribution in [2.24, 2.45) is 5.10 Å². The van der Waals surface area contributed by atoms with E-state index in [1.165, 1.54) is 0 Å². The van der Waals surface area contributed by atoms with Gasteiger partial charge in [-0.25, -0.2) is 5.43 Å². The smallest absolute Gasteiger partial charge is 0.271 e. The van der Waals surface area contributed by atoms with E-state index in [9.17, 15) is 4.79 Å².